The molecule has 0 saturated heterocycles. The summed E-state index contributed by atoms with van der Waals surface area (Å²) in [5.74, 6) is 0.380. The van der Waals surface area contributed by atoms with E-state index in [9.17, 15) is 5.11 Å². The fraction of sp³-hybridized carbons (Fsp3) is 0.533. The minimum atomic E-state index is -0.122. The van der Waals surface area contributed by atoms with Gasteiger partial charge in [0.05, 0.1) is 0 Å². The third-order valence-corrected chi connectivity index (χ3v) is 3.02. The molecule has 0 bridgehead atoms. The van der Waals surface area contributed by atoms with E-state index in [4.69, 9.17) is 12.2 Å². The molecule has 2 N–H and O–H groups in total. The number of hydrogen-bond donors (Lipinski definition) is 2. The predicted molar refractivity (Wildman–Crippen MR) is 81.7 cm³/mol. The van der Waals surface area contributed by atoms with Gasteiger partial charge in [0.25, 0.3) is 0 Å². The highest BCUT2D eigenvalue weighted by molar-refractivity contribution is 7.79. The summed E-state index contributed by atoms with van der Waals surface area (Å²) < 4.78 is 0. The summed E-state index contributed by atoms with van der Waals surface area (Å²) in [6.07, 6.45) is 0. The van der Waals surface area contributed by atoms with Gasteiger partial charge in [-0.3, -0.25) is 0 Å². The van der Waals surface area contributed by atoms with Crippen molar-refractivity contribution in [3.05, 3.63) is 23.3 Å². The predicted octanol–water partition coefficient (Wildman–Crippen LogP) is 4.23. The first-order valence-corrected chi connectivity index (χ1v) is 6.49. The van der Waals surface area contributed by atoms with Crippen LogP contribution in [0.3, 0.4) is 0 Å². The van der Waals surface area contributed by atoms with Gasteiger partial charge in [-0.05, 0) is 23.0 Å². The maximum Gasteiger partial charge on any atom is 0.138 e. The summed E-state index contributed by atoms with van der Waals surface area (Å²) in [5, 5.41) is 13.4. The van der Waals surface area contributed by atoms with Gasteiger partial charge in [-0.1, -0.05) is 53.8 Å². The summed E-state index contributed by atoms with van der Waals surface area (Å²) in [6.45, 7) is 12.5. The molecule has 0 fully saturated rings. The van der Waals surface area contributed by atoms with Crippen LogP contribution in [-0.2, 0) is 10.8 Å². The molecular formula is C15H22NOS. The van der Waals surface area contributed by atoms with Gasteiger partial charge in [0.15, 0.2) is 0 Å². The second kappa shape index (κ2) is 4.88. The quantitative estimate of drug-likeness (QED) is 0.476. The Morgan fingerprint density at radius 3 is 1.67 bits per heavy atom. The van der Waals surface area contributed by atoms with Crippen LogP contribution < -0.4 is 5.32 Å². The zero-order chi connectivity index (χ0) is 14.1. The average molecular weight is 264 g/mol. The monoisotopic (exact) mass is 264 g/mol. The van der Waals surface area contributed by atoms with E-state index < -0.39 is 0 Å². The van der Waals surface area contributed by atoms with E-state index >= 15 is 0 Å². The fourth-order valence-corrected chi connectivity index (χ4v) is 2.03. The Labute approximate surface area is 115 Å². The first kappa shape index (κ1) is 15.0. The lowest BCUT2D eigenvalue weighted by Gasteiger charge is -2.28. The van der Waals surface area contributed by atoms with Crippen LogP contribution in [0.5, 0.6) is 5.75 Å². The Morgan fingerprint density at radius 2 is 1.39 bits per heavy atom. The third kappa shape index (κ3) is 3.22. The van der Waals surface area contributed by atoms with Gasteiger partial charge in [-0.25, -0.2) is 0 Å². The minimum absolute atomic E-state index is 0.122. The molecule has 0 atom stereocenters. The standard InChI is InChI=1S/C15H22NOS/c1-14(2,3)11-7-10(16-9-18)8-12(13(11)17)15(4,5)6/h7-8,17H,1-6H3,(H,16,18). The summed E-state index contributed by atoms with van der Waals surface area (Å²) in [7, 11) is 0. The molecule has 1 aromatic carbocycles. The first-order chi connectivity index (χ1) is 8.07. The van der Waals surface area contributed by atoms with Gasteiger partial charge >= 0.3 is 0 Å². The minimum Gasteiger partial charge on any atom is -0.507 e. The Balaban J connectivity index is 3.53. The number of aromatic hydroxyl groups is 1. The number of phenols is 1. The molecule has 3 heteroatoms. The molecule has 18 heavy (non-hydrogen) atoms. The average Bonchev–Trinajstić information content (AvgIpc) is 2.17. The second-order valence-corrected chi connectivity index (χ2v) is 6.85. The van der Waals surface area contributed by atoms with Gasteiger partial charge < -0.3 is 10.4 Å². The molecular weight excluding hydrogens is 242 g/mol. The van der Waals surface area contributed by atoms with Crippen molar-refractivity contribution in [2.45, 2.75) is 52.4 Å². The molecule has 1 radical (unpaired) electrons. The number of phenolic OH excluding ortho intramolecular Hbond substituents is 1. The van der Waals surface area contributed by atoms with Crippen molar-refractivity contribution in [1.29, 1.82) is 0 Å². The summed E-state index contributed by atoms with van der Waals surface area (Å²) in [5.41, 5.74) is 4.98. The molecule has 99 valence electrons. The number of rotatable bonds is 2. The van der Waals surface area contributed by atoms with Crippen molar-refractivity contribution in [3.63, 3.8) is 0 Å². The maximum absolute atomic E-state index is 10.5. The number of anilines is 1. The van der Waals surface area contributed by atoms with Crippen molar-refractivity contribution in [2.75, 3.05) is 5.32 Å². The summed E-state index contributed by atoms with van der Waals surface area (Å²) in [4.78, 5) is 0. The van der Waals surface area contributed by atoms with Crippen molar-refractivity contribution in [1.82, 2.24) is 0 Å². The molecule has 0 aromatic heterocycles. The maximum atomic E-state index is 10.5. The normalized spacial score (nSPS) is 12.3. The lowest BCUT2D eigenvalue weighted by atomic mass is 9.79. The van der Waals surface area contributed by atoms with Crippen molar-refractivity contribution in [3.8, 4) is 5.75 Å². The van der Waals surface area contributed by atoms with Gasteiger partial charge in [0.1, 0.15) is 11.2 Å². The first-order valence-electron chi connectivity index (χ1n) is 6.08. The van der Waals surface area contributed by atoms with E-state index in [1.165, 1.54) is 0 Å². The number of benzene rings is 1. The zero-order valence-electron chi connectivity index (χ0n) is 12.0. The van der Waals surface area contributed by atoms with Crippen LogP contribution in [0.25, 0.3) is 0 Å². The van der Waals surface area contributed by atoms with Crippen molar-refractivity contribution >= 4 is 23.4 Å². The molecule has 0 spiro atoms. The van der Waals surface area contributed by atoms with Gasteiger partial charge in [-0.15, -0.1) is 0 Å². The van der Waals surface area contributed by atoms with E-state index in [0.717, 1.165) is 16.8 Å². The highest BCUT2D eigenvalue weighted by Crippen LogP contribution is 2.40. The molecule has 0 aliphatic carbocycles. The van der Waals surface area contributed by atoms with Crippen LogP contribution in [0.15, 0.2) is 12.1 Å². The zero-order valence-corrected chi connectivity index (χ0v) is 12.8. The topological polar surface area (TPSA) is 32.3 Å². The lowest BCUT2D eigenvalue weighted by Crippen LogP contribution is -2.17. The van der Waals surface area contributed by atoms with E-state index in [1.807, 2.05) is 12.1 Å². The highest BCUT2D eigenvalue weighted by Gasteiger charge is 2.26. The lowest BCUT2D eigenvalue weighted by molar-refractivity contribution is 0.423. The highest BCUT2D eigenvalue weighted by atomic mass is 32.1. The van der Waals surface area contributed by atoms with E-state index in [1.54, 1.807) is 0 Å². The van der Waals surface area contributed by atoms with Crippen LogP contribution in [-0.4, -0.2) is 10.6 Å². The number of hydrogen-bond acceptors (Lipinski definition) is 2. The van der Waals surface area contributed by atoms with Crippen LogP contribution in [0, 0.1) is 0 Å². The Kier molecular flexibility index (Phi) is 4.06. The molecule has 1 aromatic rings. The Morgan fingerprint density at radius 1 is 1.00 bits per heavy atom. The SMILES string of the molecule is CC(C)(C)c1cc(N[C]=S)cc(C(C)(C)C)c1O. The molecule has 0 saturated carbocycles. The van der Waals surface area contributed by atoms with Crippen LogP contribution in [0.4, 0.5) is 5.69 Å². The van der Waals surface area contributed by atoms with E-state index in [2.05, 4.69) is 52.4 Å². The summed E-state index contributed by atoms with van der Waals surface area (Å²) in [6, 6.07) is 3.87. The van der Waals surface area contributed by atoms with Crippen molar-refractivity contribution < 1.29 is 5.11 Å². The van der Waals surface area contributed by atoms with E-state index in [-0.39, 0.29) is 10.8 Å². The second-order valence-electron chi connectivity index (χ2n) is 6.65. The summed E-state index contributed by atoms with van der Waals surface area (Å²) >= 11 is 4.72. The molecule has 2 nitrogen and oxygen atoms in total. The van der Waals surface area contributed by atoms with Crippen LogP contribution in [0.2, 0.25) is 0 Å². The van der Waals surface area contributed by atoms with E-state index in [0.29, 0.717) is 5.75 Å². The van der Waals surface area contributed by atoms with Crippen LogP contribution in [0.1, 0.15) is 52.7 Å². The van der Waals surface area contributed by atoms with Gasteiger partial charge in [0.2, 0.25) is 0 Å². The Bertz CT molecular complexity index is 418. The fourth-order valence-electron chi connectivity index (χ4n) is 1.91. The molecule has 0 heterocycles. The molecule has 0 aliphatic heterocycles. The van der Waals surface area contributed by atoms with Crippen molar-refractivity contribution in [2.24, 2.45) is 0 Å². The van der Waals surface area contributed by atoms with Gasteiger partial charge in [0, 0.05) is 16.8 Å². The molecule has 0 unspecified atom stereocenters. The largest absolute Gasteiger partial charge is 0.507 e. The smallest absolute Gasteiger partial charge is 0.138 e. The molecule has 1 rings (SSSR count). The number of nitrogens with one attached hydrogen (secondary N) is 1. The Hall–Kier alpha value is -1.09. The molecule has 0 amide bonds. The molecule has 0 aliphatic rings. The van der Waals surface area contributed by atoms with Crippen LogP contribution >= 0.6 is 12.2 Å². The number of thiocarbonyl (C=S) groups is 1. The van der Waals surface area contributed by atoms with Gasteiger partial charge in [-0.2, -0.15) is 0 Å². The third-order valence-electron chi connectivity index (χ3n) is 2.92.